The molecule has 1 aliphatic rings. The van der Waals surface area contributed by atoms with Crippen LogP contribution in [0.1, 0.15) is 43.0 Å². The molecule has 1 saturated heterocycles. The zero-order chi connectivity index (χ0) is 22.0. The van der Waals surface area contributed by atoms with E-state index < -0.39 is 0 Å². The summed E-state index contributed by atoms with van der Waals surface area (Å²) in [6.45, 7) is 8.95. The Hall–Kier alpha value is -3.40. The third kappa shape index (κ3) is 4.38. The monoisotopic (exact) mass is 412 g/mol. The number of piperazine rings is 1. The highest BCUT2D eigenvalue weighted by molar-refractivity contribution is 6.15. The minimum absolute atomic E-state index is 0.0725. The Morgan fingerprint density at radius 2 is 1.42 bits per heavy atom. The van der Waals surface area contributed by atoms with Crippen molar-refractivity contribution in [2.45, 2.75) is 20.8 Å². The number of aryl methyl sites for hydroxylation is 3. The summed E-state index contributed by atoms with van der Waals surface area (Å²) >= 11 is 0. The molecule has 1 fully saturated rings. The Bertz CT molecular complexity index is 1130. The first kappa shape index (κ1) is 20.9. The summed E-state index contributed by atoms with van der Waals surface area (Å²) < 4.78 is 0. The molecular weight excluding hydrogens is 384 g/mol. The summed E-state index contributed by atoms with van der Waals surface area (Å²) in [4.78, 5) is 30.7. The fourth-order valence-electron chi connectivity index (χ4n) is 4.07. The molecule has 0 atom stereocenters. The van der Waals surface area contributed by atoms with E-state index in [4.69, 9.17) is 0 Å². The Balaban J connectivity index is 1.52. The average Bonchev–Trinajstić information content (AvgIpc) is 2.80. The molecule has 0 aromatic heterocycles. The molecule has 4 heteroatoms. The molecular formula is C27H28N2O2. The van der Waals surface area contributed by atoms with Crippen LogP contribution in [0.4, 0.5) is 5.69 Å². The van der Waals surface area contributed by atoms with Gasteiger partial charge in [0.25, 0.3) is 5.91 Å². The molecule has 0 saturated carbocycles. The first-order valence-corrected chi connectivity index (χ1v) is 10.8. The predicted molar refractivity (Wildman–Crippen MR) is 125 cm³/mol. The number of rotatable bonds is 4. The van der Waals surface area contributed by atoms with Crippen LogP contribution >= 0.6 is 0 Å². The van der Waals surface area contributed by atoms with Crippen LogP contribution in [0.3, 0.4) is 0 Å². The highest BCUT2D eigenvalue weighted by atomic mass is 16.2. The lowest BCUT2D eigenvalue weighted by Gasteiger charge is -2.36. The van der Waals surface area contributed by atoms with Gasteiger partial charge in [-0.25, -0.2) is 0 Å². The van der Waals surface area contributed by atoms with Gasteiger partial charge in [0.1, 0.15) is 0 Å². The van der Waals surface area contributed by atoms with Crippen molar-refractivity contribution in [1.82, 2.24) is 4.90 Å². The van der Waals surface area contributed by atoms with Crippen LogP contribution in [0.15, 0.2) is 66.7 Å². The number of hydrogen-bond acceptors (Lipinski definition) is 3. The van der Waals surface area contributed by atoms with E-state index >= 15 is 0 Å². The number of benzene rings is 3. The second-order valence-electron chi connectivity index (χ2n) is 8.29. The summed E-state index contributed by atoms with van der Waals surface area (Å²) in [7, 11) is 0. The molecule has 0 aliphatic carbocycles. The second kappa shape index (κ2) is 8.76. The fraction of sp³-hybridized carbons (Fsp3) is 0.259. The van der Waals surface area contributed by atoms with Gasteiger partial charge in [0.2, 0.25) is 0 Å². The van der Waals surface area contributed by atoms with Crippen LogP contribution in [0.5, 0.6) is 0 Å². The van der Waals surface area contributed by atoms with E-state index in [0.717, 1.165) is 24.2 Å². The van der Waals surface area contributed by atoms with Crippen molar-refractivity contribution in [3.05, 3.63) is 100 Å². The Kier molecular flexibility index (Phi) is 5.90. The van der Waals surface area contributed by atoms with E-state index in [1.807, 2.05) is 49.1 Å². The SMILES string of the molecule is Cc1cccc(N2CCN(C(=O)c3ccccc3C(=O)c3ccc(C)c(C)c3)CC2)c1. The molecule has 4 rings (SSSR count). The van der Waals surface area contributed by atoms with Crippen LogP contribution in [0.25, 0.3) is 0 Å². The van der Waals surface area contributed by atoms with Crippen molar-refractivity contribution < 1.29 is 9.59 Å². The predicted octanol–water partition coefficient (Wildman–Crippen LogP) is 4.81. The highest BCUT2D eigenvalue weighted by Gasteiger charge is 2.26. The summed E-state index contributed by atoms with van der Waals surface area (Å²) in [5, 5.41) is 0. The lowest BCUT2D eigenvalue weighted by molar-refractivity contribution is 0.0742. The molecule has 31 heavy (non-hydrogen) atoms. The molecule has 0 unspecified atom stereocenters. The number of carbonyl (C=O) groups is 2. The first-order valence-electron chi connectivity index (χ1n) is 10.8. The molecule has 0 spiro atoms. The van der Waals surface area contributed by atoms with Gasteiger partial charge in [-0.2, -0.15) is 0 Å². The number of hydrogen-bond donors (Lipinski definition) is 0. The van der Waals surface area contributed by atoms with Crippen LogP contribution in [0.2, 0.25) is 0 Å². The van der Waals surface area contributed by atoms with Gasteiger partial charge in [0, 0.05) is 43.0 Å². The van der Waals surface area contributed by atoms with Gasteiger partial charge in [-0.1, -0.05) is 42.5 Å². The topological polar surface area (TPSA) is 40.6 Å². The van der Waals surface area contributed by atoms with Crippen molar-refractivity contribution >= 4 is 17.4 Å². The van der Waals surface area contributed by atoms with E-state index in [1.54, 1.807) is 12.1 Å². The molecule has 158 valence electrons. The molecule has 1 amide bonds. The van der Waals surface area contributed by atoms with Gasteiger partial charge in [-0.3, -0.25) is 9.59 Å². The largest absolute Gasteiger partial charge is 0.368 e. The van der Waals surface area contributed by atoms with Gasteiger partial charge < -0.3 is 9.80 Å². The smallest absolute Gasteiger partial charge is 0.254 e. The molecule has 0 radical (unpaired) electrons. The Labute approximate surface area is 184 Å². The lowest BCUT2D eigenvalue weighted by Crippen LogP contribution is -2.49. The molecule has 1 heterocycles. The first-order chi connectivity index (χ1) is 14.9. The molecule has 3 aromatic rings. The van der Waals surface area contributed by atoms with Crippen LogP contribution in [0, 0.1) is 20.8 Å². The standard InChI is InChI=1S/C27H28N2O2/c1-19-7-6-8-23(17-19)28-13-15-29(16-14-28)27(31)25-10-5-4-9-24(25)26(30)22-12-11-20(2)21(3)18-22/h4-12,17-18H,13-16H2,1-3H3. The fourth-order valence-corrected chi connectivity index (χ4v) is 4.07. The van der Waals surface area contributed by atoms with Crippen LogP contribution < -0.4 is 4.90 Å². The van der Waals surface area contributed by atoms with Crippen molar-refractivity contribution in [2.24, 2.45) is 0 Å². The number of carbonyl (C=O) groups excluding carboxylic acids is 2. The van der Waals surface area contributed by atoms with E-state index in [9.17, 15) is 9.59 Å². The van der Waals surface area contributed by atoms with Crippen molar-refractivity contribution in [1.29, 1.82) is 0 Å². The van der Waals surface area contributed by atoms with Crippen LogP contribution in [-0.4, -0.2) is 42.8 Å². The highest BCUT2D eigenvalue weighted by Crippen LogP contribution is 2.21. The zero-order valence-electron chi connectivity index (χ0n) is 18.4. The van der Waals surface area contributed by atoms with E-state index in [0.29, 0.717) is 29.8 Å². The quantitative estimate of drug-likeness (QED) is 0.578. The molecule has 4 nitrogen and oxygen atoms in total. The molecule has 3 aromatic carbocycles. The minimum Gasteiger partial charge on any atom is -0.368 e. The van der Waals surface area contributed by atoms with Gasteiger partial charge in [-0.05, 0) is 61.7 Å². The maximum absolute atomic E-state index is 13.3. The summed E-state index contributed by atoms with van der Waals surface area (Å²) in [6.07, 6.45) is 0. The number of amides is 1. The number of nitrogens with zero attached hydrogens (tertiary/aromatic N) is 2. The number of ketones is 1. The third-order valence-corrected chi connectivity index (χ3v) is 6.10. The Morgan fingerprint density at radius 3 is 2.10 bits per heavy atom. The summed E-state index contributed by atoms with van der Waals surface area (Å²) in [5.41, 5.74) is 6.21. The second-order valence-corrected chi connectivity index (χ2v) is 8.29. The average molecular weight is 413 g/mol. The normalized spacial score (nSPS) is 13.9. The maximum Gasteiger partial charge on any atom is 0.254 e. The van der Waals surface area contributed by atoms with Gasteiger partial charge in [-0.15, -0.1) is 0 Å². The van der Waals surface area contributed by atoms with E-state index in [1.165, 1.54) is 11.3 Å². The minimum atomic E-state index is -0.106. The maximum atomic E-state index is 13.3. The van der Waals surface area contributed by atoms with Crippen LogP contribution in [-0.2, 0) is 0 Å². The van der Waals surface area contributed by atoms with Crippen molar-refractivity contribution in [3.63, 3.8) is 0 Å². The Morgan fingerprint density at radius 1 is 0.710 bits per heavy atom. The van der Waals surface area contributed by atoms with Crippen molar-refractivity contribution in [2.75, 3.05) is 31.1 Å². The van der Waals surface area contributed by atoms with Gasteiger partial charge in [0.05, 0.1) is 5.56 Å². The lowest BCUT2D eigenvalue weighted by atomic mass is 9.95. The summed E-state index contributed by atoms with van der Waals surface area (Å²) in [5.74, 6) is -0.179. The third-order valence-electron chi connectivity index (χ3n) is 6.10. The van der Waals surface area contributed by atoms with E-state index in [-0.39, 0.29) is 11.7 Å². The molecule has 1 aliphatic heterocycles. The summed E-state index contributed by atoms with van der Waals surface area (Å²) in [6, 6.07) is 21.3. The number of anilines is 1. The molecule has 0 bridgehead atoms. The van der Waals surface area contributed by atoms with Crippen molar-refractivity contribution in [3.8, 4) is 0 Å². The molecule has 0 N–H and O–H groups in total. The van der Waals surface area contributed by atoms with E-state index in [2.05, 4.69) is 36.1 Å². The zero-order valence-corrected chi connectivity index (χ0v) is 18.4. The van der Waals surface area contributed by atoms with Gasteiger partial charge in [0.15, 0.2) is 5.78 Å². The van der Waals surface area contributed by atoms with Gasteiger partial charge >= 0.3 is 0 Å².